The van der Waals surface area contributed by atoms with E-state index in [1.54, 1.807) is 31.4 Å². The van der Waals surface area contributed by atoms with Crippen molar-refractivity contribution in [1.29, 1.82) is 0 Å². The van der Waals surface area contributed by atoms with Crippen molar-refractivity contribution >= 4 is 17.8 Å². The minimum atomic E-state index is -0.764. The van der Waals surface area contributed by atoms with E-state index >= 15 is 0 Å². The summed E-state index contributed by atoms with van der Waals surface area (Å²) < 4.78 is 5.30. The van der Waals surface area contributed by atoms with Gasteiger partial charge in [0.1, 0.15) is 5.75 Å². The van der Waals surface area contributed by atoms with Gasteiger partial charge >= 0.3 is 5.97 Å². The lowest BCUT2D eigenvalue weighted by atomic mass is 9.70. The topological polar surface area (TPSA) is 72.9 Å². The molecule has 1 saturated carbocycles. The fraction of sp³-hybridized carbons (Fsp3) is 0.348. The number of carbonyl (C=O) groups excluding carboxylic acids is 3. The first kappa shape index (κ1) is 19.2. The van der Waals surface area contributed by atoms with Crippen molar-refractivity contribution in [3.8, 4) is 5.75 Å². The van der Waals surface area contributed by atoms with E-state index in [9.17, 15) is 14.4 Å². The van der Waals surface area contributed by atoms with Crippen molar-refractivity contribution in [2.24, 2.45) is 5.41 Å². The molecule has 1 aliphatic heterocycles. The predicted molar refractivity (Wildman–Crippen MR) is 105 cm³/mol. The molecule has 0 saturated heterocycles. The molecule has 0 bridgehead atoms. The third-order valence-corrected chi connectivity index (χ3v) is 5.85. The number of fused-ring (bicyclic) bond motifs is 1. The lowest BCUT2D eigenvalue weighted by molar-refractivity contribution is -0.183. The van der Waals surface area contributed by atoms with E-state index in [0.717, 1.165) is 30.6 Å². The first-order chi connectivity index (χ1) is 14.0. The van der Waals surface area contributed by atoms with E-state index in [-0.39, 0.29) is 11.1 Å². The summed E-state index contributed by atoms with van der Waals surface area (Å²) in [6, 6.07) is 14.1. The second-order valence-electron chi connectivity index (χ2n) is 7.70. The van der Waals surface area contributed by atoms with E-state index in [2.05, 4.69) is 0 Å². The number of ether oxygens (including phenoxy) is 1. The normalized spacial score (nSPS) is 17.8. The molecule has 6 heteroatoms. The Hall–Kier alpha value is -3.15. The number of hydrogen-bond donors (Lipinski definition) is 0. The van der Waals surface area contributed by atoms with Crippen LogP contribution in [0.4, 0.5) is 0 Å². The van der Waals surface area contributed by atoms with Crippen LogP contribution in [0, 0.1) is 5.41 Å². The van der Waals surface area contributed by atoms with Crippen molar-refractivity contribution in [1.82, 2.24) is 5.06 Å². The van der Waals surface area contributed by atoms with E-state index in [1.807, 2.05) is 24.3 Å². The number of rotatable bonds is 5. The predicted octanol–water partition coefficient (Wildman–Crippen LogP) is 3.94. The van der Waals surface area contributed by atoms with Gasteiger partial charge in [0.25, 0.3) is 11.8 Å². The van der Waals surface area contributed by atoms with Gasteiger partial charge in [-0.3, -0.25) is 9.59 Å². The Labute approximate surface area is 169 Å². The number of methoxy groups -OCH3 is 1. The molecule has 0 atom stereocenters. The van der Waals surface area contributed by atoms with Crippen LogP contribution in [0.2, 0.25) is 0 Å². The summed E-state index contributed by atoms with van der Waals surface area (Å²) in [6.07, 6.45) is 4.66. The highest BCUT2D eigenvalue weighted by molar-refractivity contribution is 6.20. The molecule has 2 amide bonds. The third-order valence-electron chi connectivity index (χ3n) is 5.85. The zero-order valence-corrected chi connectivity index (χ0v) is 16.3. The van der Waals surface area contributed by atoms with Gasteiger partial charge in [-0.25, -0.2) is 4.79 Å². The molecule has 2 aliphatic rings. The van der Waals surface area contributed by atoms with Gasteiger partial charge in [-0.2, -0.15) is 0 Å². The summed E-state index contributed by atoms with van der Waals surface area (Å²) in [6.45, 7) is 0. The molecular formula is C23H23NO5. The van der Waals surface area contributed by atoms with Gasteiger partial charge in [0.05, 0.1) is 23.7 Å². The lowest BCUT2D eigenvalue weighted by Gasteiger charge is -2.35. The van der Waals surface area contributed by atoms with Gasteiger partial charge in [0.2, 0.25) is 0 Å². The van der Waals surface area contributed by atoms with Crippen molar-refractivity contribution < 1.29 is 24.0 Å². The number of carbonyl (C=O) groups is 3. The lowest BCUT2D eigenvalue weighted by Crippen LogP contribution is -2.43. The zero-order chi connectivity index (χ0) is 20.4. The molecule has 0 N–H and O–H groups in total. The Morgan fingerprint density at radius 1 is 0.966 bits per heavy atom. The van der Waals surface area contributed by atoms with Crippen molar-refractivity contribution in [2.45, 2.75) is 38.5 Å². The maximum absolute atomic E-state index is 13.3. The van der Waals surface area contributed by atoms with Crippen molar-refractivity contribution in [3.05, 3.63) is 65.2 Å². The number of nitrogens with zero attached hydrogens (tertiary/aromatic N) is 1. The van der Waals surface area contributed by atoms with E-state index in [0.29, 0.717) is 24.3 Å². The van der Waals surface area contributed by atoms with Gasteiger partial charge in [0.15, 0.2) is 0 Å². The van der Waals surface area contributed by atoms with Crippen LogP contribution in [0.25, 0.3) is 0 Å². The highest BCUT2D eigenvalue weighted by Gasteiger charge is 2.46. The van der Waals surface area contributed by atoms with E-state index in [4.69, 9.17) is 9.57 Å². The average molecular weight is 393 g/mol. The molecule has 2 aromatic rings. The maximum atomic E-state index is 13.3. The van der Waals surface area contributed by atoms with Gasteiger partial charge in [-0.1, -0.05) is 48.6 Å². The van der Waals surface area contributed by atoms with Crippen molar-refractivity contribution in [2.75, 3.05) is 7.11 Å². The summed E-state index contributed by atoms with van der Waals surface area (Å²) in [4.78, 5) is 43.9. The Kier molecular flexibility index (Phi) is 5.09. The minimum absolute atomic E-state index is 0.260. The van der Waals surface area contributed by atoms with E-state index < -0.39 is 23.2 Å². The average Bonchev–Trinajstić information content (AvgIpc) is 2.99. The first-order valence-electron chi connectivity index (χ1n) is 9.87. The Morgan fingerprint density at radius 2 is 1.62 bits per heavy atom. The standard InChI is InChI=1S/C23H23NO5/c1-28-17-9-7-8-16(14-17)15-23(12-5-2-6-13-23)22(27)29-24-20(25)18-10-3-4-11-19(18)21(24)26/h3-4,7-11,14H,2,5-6,12-13,15H2,1H3. The molecule has 29 heavy (non-hydrogen) atoms. The molecule has 1 fully saturated rings. The molecule has 2 aromatic carbocycles. The maximum Gasteiger partial charge on any atom is 0.339 e. The fourth-order valence-corrected chi connectivity index (χ4v) is 4.28. The molecule has 150 valence electrons. The molecule has 4 rings (SSSR count). The molecule has 0 spiro atoms. The number of benzene rings is 2. The van der Waals surface area contributed by atoms with Crippen LogP contribution in [0.15, 0.2) is 48.5 Å². The molecule has 0 unspecified atom stereocenters. The zero-order valence-electron chi connectivity index (χ0n) is 16.3. The van der Waals surface area contributed by atoms with Crippen LogP contribution in [0.1, 0.15) is 58.4 Å². The Bertz CT molecular complexity index is 926. The summed E-state index contributed by atoms with van der Waals surface area (Å²) in [5.74, 6) is -0.978. The second-order valence-corrected chi connectivity index (χ2v) is 7.70. The van der Waals surface area contributed by atoms with Gasteiger partial charge < -0.3 is 9.57 Å². The van der Waals surface area contributed by atoms with E-state index in [1.165, 1.54) is 0 Å². The fourth-order valence-electron chi connectivity index (χ4n) is 4.28. The molecule has 0 radical (unpaired) electrons. The molecule has 1 heterocycles. The number of amides is 2. The van der Waals surface area contributed by atoms with Crippen molar-refractivity contribution in [3.63, 3.8) is 0 Å². The SMILES string of the molecule is COc1cccc(CC2(C(=O)ON3C(=O)c4ccccc4C3=O)CCCCC2)c1. The highest BCUT2D eigenvalue weighted by atomic mass is 16.7. The summed E-state index contributed by atoms with van der Waals surface area (Å²) >= 11 is 0. The van der Waals surface area contributed by atoms with Crippen LogP contribution < -0.4 is 4.74 Å². The molecule has 6 nitrogen and oxygen atoms in total. The molecule has 1 aliphatic carbocycles. The first-order valence-corrected chi connectivity index (χ1v) is 9.87. The number of hydroxylamine groups is 2. The summed E-state index contributed by atoms with van der Waals surface area (Å²) in [5, 5.41) is 0.620. The van der Waals surface area contributed by atoms with Crippen LogP contribution in [-0.4, -0.2) is 30.0 Å². The van der Waals surface area contributed by atoms with Crippen LogP contribution in [0.3, 0.4) is 0 Å². The van der Waals surface area contributed by atoms with Gasteiger partial charge in [-0.05, 0) is 49.1 Å². The minimum Gasteiger partial charge on any atom is -0.497 e. The summed E-state index contributed by atoms with van der Waals surface area (Å²) in [7, 11) is 1.60. The molecule has 0 aromatic heterocycles. The monoisotopic (exact) mass is 393 g/mol. The van der Waals surface area contributed by atoms with Crippen LogP contribution in [-0.2, 0) is 16.1 Å². The van der Waals surface area contributed by atoms with Gasteiger partial charge in [-0.15, -0.1) is 0 Å². The smallest absolute Gasteiger partial charge is 0.339 e. The quantitative estimate of drug-likeness (QED) is 0.720. The second kappa shape index (κ2) is 7.70. The number of imide groups is 1. The largest absolute Gasteiger partial charge is 0.497 e. The van der Waals surface area contributed by atoms with Crippen LogP contribution >= 0.6 is 0 Å². The van der Waals surface area contributed by atoms with Gasteiger partial charge in [0, 0.05) is 0 Å². The van der Waals surface area contributed by atoms with Crippen LogP contribution in [0.5, 0.6) is 5.75 Å². The Morgan fingerprint density at radius 3 is 2.24 bits per heavy atom. The summed E-state index contributed by atoms with van der Waals surface area (Å²) in [5.41, 5.74) is 0.720. The third kappa shape index (κ3) is 3.50. The Balaban J connectivity index is 1.58. The number of hydrogen-bond acceptors (Lipinski definition) is 5. The highest BCUT2D eigenvalue weighted by Crippen LogP contribution is 2.41. The molecular weight excluding hydrogens is 370 g/mol.